The first-order valence-corrected chi connectivity index (χ1v) is 6.11. The summed E-state index contributed by atoms with van der Waals surface area (Å²) in [5.74, 6) is 2.68. The summed E-state index contributed by atoms with van der Waals surface area (Å²) in [6.45, 7) is 5.05. The Kier molecular flexibility index (Phi) is 3.65. The molecule has 3 heteroatoms. The number of nitrogens with one attached hydrogen (secondary N) is 1. The molecule has 88 valence electrons. The minimum Gasteiger partial charge on any atom is -0.487 e. The average Bonchev–Trinajstić information content (AvgIpc) is 3.04. The summed E-state index contributed by atoms with van der Waals surface area (Å²) in [6.07, 6.45) is 6.04. The zero-order valence-corrected chi connectivity index (χ0v) is 10.1. The van der Waals surface area contributed by atoms with Crippen LogP contribution in [0.3, 0.4) is 0 Å². The van der Waals surface area contributed by atoms with Gasteiger partial charge in [-0.2, -0.15) is 0 Å². The second-order valence-corrected chi connectivity index (χ2v) is 4.68. The standard InChI is InChI=1S/C13H20N2O/c1-10(2)16-12-4-3-8-14-13(12)15-9-7-11-5-6-11/h3-4,8,10-11H,5-7,9H2,1-2H3,(H,14,15). The Labute approximate surface area is 97.2 Å². The van der Waals surface area contributed by atoms with Gasteiger partial charge in [0.2, 0.25) is 0 Å². The minimum atomic E-state index is 0.188. The first-order valence-electron chi connectivity index (χ1n) is 6.11. The third kappa shape index (κ3) is 3.40. The van der Waals surface area contributed by atoms with E-state index in [1.165, 1.54) is 19.3 Å². The molecule has 1 N–H and O–H groups in total. The maximum atomic E-state index is 5.69. The van der Waals surface area contributed by atoms with E-state index in [4.69, 9.17) is 4.74 Å². The Morgan fingerprint density at radius 1 is 1.50 bits per heavy atom. The van der Waals surface area contributed by atoms with Crippen LogP contribution in [0.5, 0.6) is 5.75 Å². The fourth-order valence-electron chi connectivity index (χ4n) is 1.67. The summed E-state index contributed by atoms with van der Waals surface area (Å²) >= 11 is 0. The number of pyridine rings is 1. The first kappa shape index (κ1) is 11.2. The summed E-state index contributed by atoms with van der Waals surface area (Å²) in [5.41, 5.74) is 0. The lowest BCUT2D eigenvalue weighted by molar-refractivity contribution is 0.243. The van der Waals surface area contributed by atoms with Crippen molar-refractivity contribution in [2.45, 2.75) is 39.2 Å². The molecule has 1 saturated carbocycles. The summed E-state index contributed by atoms with van der Waals surface area (Å²) < 4.78 is 5.69. The van der Waals surface area contributed by atoms with Gasteiger partial charge >= 0.3 is 0 Å². The number of ether oxygens (including phenoxy) is 1. The largest absolute Gasteiger partial charge is 0.487 e. The van der Waals surface area contributed by atoms with Gasteiger partial charge < -0.3 is 10.1 Å². The van der Waals surface area contributed by atoms with E-state index >= 15 is 0 Å². The number of rotatable bonds is 6. The molecule has 1 aliphatic rings. The van der Waals surface area contributed by atoms with Gasteiger partial charge in [-0.05, 0) is 38.3 Å². The molecule has 0 bridgehead atoms. The molecule has 0 aliphatic heterocycles. The van der Waals surface area contributed by atoms with Gasteiger partial charge in [-0.3, -0.25) is 0 Å². The van der Waals surface area contributed by atoms with Gasteiger partial charge in [0.15, 0.2) is 11.6 Å². The molecular weight excluding hydrogens is 200 g/mol. The van der Waals surface area contributed by atoms with Crippen molar-refractivity contribution in [1.29, 1.82) is 0 Å². The molecule has 1 heterocycles. The topological polar surface area (TPSA) is 34.1 Å². The molecule has 0 saturated heterocycles. The molecular formula is C13H20N2O. The van der Waals surface area contributed by atoms with Crippen LogP contribution in [0.15, 0.2) is 18.3 Å². The van der Waals surface area contributed by atoms with Crippen LogP contribution in [-0.2, 0) is 0 Å². The smallest absolute Gasteiger partial charge is 0.168 e. The number of hydrogen-bond donors (Lipinski definition) is 1. The molecule has 1 aromatic heterocycles. The second-order valence-electron chi connectivity index (χ2n) is 4.68. The van der Waals surface area contributed by atoms with Crippen LogP contribution in [0.4, 0.5) is 5.82 Å². The molecule has 0 radical (unpaired) electrons. The quantitative estimate of drug-likeness (QED) is 0.800. The molecule has 3 nitrogen and oxygen atoms in total. The number of nitrogens with zero attached hydrogens (tertiary/aromatic N) is 1. The highest BCUT2D eigenvalue weighted by atomic mass is 16.5. The van der Waals surface area contributed by atoms with Crippen LogP contribution >= 0.6 is 0 Å². The molecule has 2 rings (SSSR count). The predicted octanol–water partition coefficient (Wildman–Crippen LogP) is 3.08. The van der Waals surface area contributed by atoms with Crippen LogP contribution in [0.25, 0.3) is 0 Å². The van der Waals surface area contributed by atoms with Crippen LogP contribution in [0, 0.1) is 5.92 Å². The fourth-order valence-corrected chi connectivity index (χ4v) is 1.67. The Morgan fingerprint density at radius 3 is 3.00 bits per heavy atom. The molecule has 0 aromatic carbocycles. The van der Waals surface area contributed by atoms with E-state index in [2.05, 4.69) is 10.3 Å². The highest BCUT2D eigenvalue weighted by Gasteiger charge is 2.20. The molecule has 1 aliphatic carbocycles. The molecule has 0 unspecified atom stereocenters. The van der Waals surface area contributed by atoms with E-state index in [1.807, 2.05) is 26.0 Å². The van der Waals surface area contributed by atoms with Crippen molar-refractivity contribution in [1.82, 2.24) is 4.98 Å². The van der Waals surface area contributed by atoms with Crippen molar-refractivity contribution in [3.05, 3.63) is 18.3 Å². The summed E-state index contributed by atoms with van der Waals surface area (Å²) in [4.78, 5) is 4.31. The molecule has 0 spiro atoms. The van der Waals surface area contributed by atoms with Crippen LogP contribution in [0.1, 0.15) is 33.1 Å². The van der Waals surface area contributed by atoms with Gasteiger partial charge in [0.25, 0.3) is 0 Å². The summed E-state index contributed by atoms with van der Waals surface area (Å²) in [7, 11) is 0. The van der Waals surface area contributed by atoms with Gasteiger partial charge in [0, 0.05) is 12.7 Å². The van der Waals surface area contributed by atoms with Crippen LogP contribution < -0.4 is 10.1 Å². The average molecular weight is 220 g/mol. The third-order valence-electron chi connectivity index (χ3n) is 2.68. The zero-order chi connectivity index (χ0) is 11.4. The number of anilines is 1. The lowest BCUT2D eigenvalue weighted by Crippen LogP contribution is -2.10. The number of aromatic nitrogens is 1. The normalized spacial score (nSPS) is 15.2. The highest BCUT2D eigenvalue weighted by molar-refractivity contribution is 5.49. The molecule has 1 aromatic rings. The van der Waals surface area contributed by atoms with Crippen molar-refractivity contribution in [2.75, 3.05) is 11.9 Å². The van der Waals surface area contributed by atoms with Gasteiger partial charge in [-0.25, -0.2) is 4.98 Å². The van der Waals surface area contributed by atoms with Crippen molar-refractivity contribution >= 4 is 5.82 Å². The molecule has 1 fully saturated rings. The Morgan fingerprint density at radius 2 is 2.31 bits per heavy atom. The first-order chi connectivity index (χ1) is 7.75. The van der Waals surface area contributed by atoms with E-state index in [0.717, 1.165) is 24.0 Å². The molecule has 16 heavy (non-hydrogen) atoms. The van der Waals surface area contributed by atoms with Crippen LogP contribution in [0.2, 0.25) is 0 Å². The van der Waals surface area contributed by atoms with E-state index in [0.29, 0.717) is 0 Å². The third-order valence-corrected chi connectivity index (χ3v) is 2.68. The predicted molar refractivity (Wildman–Crippen MR) is 65.8 cm³/mol. The Hall–Kier alpha value is -1.25. The Bertz CT molecular complexity index is 334. The fraction of sp³-hybridized carbons (Fsp3) is 0.615. The number of hydrogen-bond acceptors (Lipinski definition) is 3. The summed E-state index contributed by atoms with van der Waals surface area (Å²) in [5, 5.41) is 3.35. The lowest BCUT2D eigenvalue weighted by atomic mass is 10.3. The second kappa shape index (κ2) is 5.19. The molecule has 0 atom stereocenters. The Balaban J connectivity index is 1.89. The van der Waals surface area contributed by atoms with Crippen molar-refractivity contribution in [3.8, 4) is 5.75 Å². The van der Waals surface area contributed by atoms with Gasteiger partial charge in [0.1, 0.15) is 0 Å². The van der Waals surface area contributed by atoms with Gasteiger partial charge in [-0.1, -0.05) is 12.8 Å². The monoisotopic (exact) mass is 220 g/mol. The van der Waals surface area contributed by atoms with E-state index < -0.39 is 0 Å². The van der Waals surface area contributed by atoms with Crippen LogP contribution in [-0.4, -0.2) is 17.6 Å². The lowest BCUT2D eigenvalue weighted by Gasteiger charge is -2.14. The maximum absolute atomic E-state index is 5.69. The highest BCUT2D eigenvalue weighted by Crippen LogP contribution is 2.32. The van der Waals surface area contributed by atoms with E-state index in [9.17, 15) is 0 Å². The SMILES string of the molecule is CC(C)Oc1cccnc1NCCC1CC1. The van der Waals surface area contributed by atoms with Gasteiger partial charge in [-0.15, -0.1) is 0 Å². The molecule has 0 amide bonds. The van der Waals surface area contributed by atoms with Gasteiger partial charge in [0.05, 0.1) is 6.10 Å². The van der Waals surface area contributed by atoms with E-state index in [-0.39, 0.29) is 6.10 Å². The van der Waals surface area contributed by atoms with Crippen molar-refractivity contribution < 1.29 is 4.74 Å². The maximum Gasteiger partial charge on any atom is 0.168 e. The van der Waals surface area contributed by atoms with Crippen molar-refractivity contribution in [2.24, 2.45) is 5.92 Å². The van der Waals surface area contributed by atoms with Crippen molar-refractivity contribution in [3.63, 3.8) is 0 Å². The van der Waals surface area contributed by atoms with E-state index in [1.54, 1.807) is 6.20 Å². The minimum absolute atomic E-state index is 0.188. The zero-order valence-electron chi connectivity index (χ0n) is 10.1. The summed E-state index contributed by atoms with van der Waals surface area (Å²) in [6, 6.07) is 3.87.